The van der Waals surface area contributed by atoms with E-state index in [2.05, 4.69) is 15.5 Å². The van der Waals surface area contributed by atoms with E-state index in [4.69, 9.17) is 14.4 Å². The summed E-state index contributed by atoms with van der Waals surface area (Å²) >= 11 is 0. The van der Waals surface area contributed by atoms with Gasteiger partial charge in [-0.3, -0.25) is 9.59 Å². The quantitative estimate of drug-likeness (QED) is 0.486. The Balaban J connectivity index is 1.38. The number of carbonyl (C=O) groups is 2. The highest BCUT2D eigenvalue weighted by Gasteiger charge is 2.26. The molecule has 3 N–H and O–H groups in total. The molecule has 0 unspecified atom stereocenters. The molecule has 0 radical (unpaired) electrons. The number of nitrogens with one attached hydrogen (secondary N) is 1. The molecule has 12 heteroatoms. The fourth-order valence-electron chi connectivity index (χ4n) is 3.49. The third kappa shape index (κ3) is 5.07. The first-order valence-corrected chi connectivity index (χ1v) is 12.1. The van der Waals surface area contributed by atoms with Gasteiger partial charge >= 0.3 is 11.8 Å². The van der Waals surface area contributed by atoms with Crippen molar-refractivity contribution in [3.05, 3.63) is 53.9 Å². The molecule has 0 fully saturated rings. The second-order valence-electron chi connectivity index (χ2n) is 7.63. The Bertz CT molecular complexity index is 1320. The van der Waals surface area contributed by atoms with Crippen molar-refractivity contribution in [3.63, 3.8) is 0 Å². The zero-order chi connectivity index (χ0) is 24.3. The summed E-state index contributed by atoms with van der Waals surface area (Å²) in [6, 6.07) is 11.3. The molecule has 1 aliphatic rings. The molecular formula is C22H23N5O6S. The Morgan fingerprint density at radius 1 is 1.21 bits per heavy atom. The number of rotatable bonds is 8. The monoisotopic (exact) mass is 485 g/mol. The minimum atomic E-state index is -3.75. The summed E-state index contributed by atoms with van der Waals surface area (Å²) in [5.41, 5.74) is 2.09. The van der Waals surface area contributed by atoms with Gasteiger partial charge in [-0.2, -0.15) is 4.98 Å². The summed E-state index contributed by atoms with van der Waals surface area (Å²) < 4.78 is 33.3. The molecule has 0 aliphatic carbocycles. The lowest BCUT2D eigenvalue weighted by Crippen LogP contribution is -2.39. The Kier molecular flexibility index (Phi) is 6.61. The number of carbonyl (C=O) groups excluding carboxylic acids is 2. The van der Waals surface area contributed by atoms with Crippen LogP contribution in [0, 0.1) is 0 Å². The number of benzene rings is 2. The first-order valence-electron chi connectivity index (χ1n) is 10.6. The molecule has 34 heavy (non-hydrogen) atoms. The minimum Gasteiger partial charge on any atom is -0.482 e. The van der Waals surface area contributed by atoms with Crippen molar-refractivity contribution in [2.75, 3.05) is 24.6 Å². The molecule has 2 aromatic carbocycles. The van der Waals surface area contributed by atoms with Crippen LogP contribution in [-0.4, -0.2) is 50.1 Å². The molecule has 1 aliphatic heterocycles. The van der Waals surface area contributed by atoms with E-state index >= 15 is 0 Å². The third-order valence-electron chi connectivity index (χ3n) is 5.18. The third-order valence-corrected chi connectivity index (χ3v) is 6.11. The Morgan fingerprint density at radius 3 is 2.68 bits per heavy atom. The van der Waals surface area contributed by atoms with Gasteiger partial charge in [-0.25, -0.2) is 13.6 Å². The number of fused-ring (bicyclic) bond motifs is 1. The van der Waals surface area contributed by atoms with Gasteiger partial charge in [0.2, 0.25) is 15.8 Å². The lowest BCUT2D eigenvalue weighted by Gasteiger charge is -2.29. The molecule has 0 bridgehead atoms. The average Bonchev–Trinajstić information content (AvgIpc) is 3.31. The summed E-state index contributed by atoms with van der Waals surface area (Å²) in [6.45, 7) is 2.82. The van der Waals surface area contributed by atoms with Crippen molar-refractivity contribution < 1.29 is 27.3 Å². The number of anilines is 1. The van der Waals surface area contributed by atoms with Gasteiger partial charge in [0, 0.05) is 18.7 Å². The number of nitrogens with zero attached hydrogens (tertiary/aromatic N) is 3. The van der Waals surface area contributed by atoms with Crippen LogP contribution in [0.25, 0.3) is 11.4 Å². The minimum absolute atomic E-state index is 0.0240. The van der Waals surface area contributed by atoms with Gasteiger partial charge in [-0.15, -0.1) is 0 Å². The molecule has 0 saturated carbocycles. The molecule has 11 nitrogen and oxygen atoms in total. The van der Waals surface area contributed by atoms with Crippen LogP contribution in [0.15, 0.2) is 51.9 Å². The summed E-state index contributed by atoms with van der Waals surface area (Å²) in [5.74, 6) is -0.0697. The van der Waals surface area contributed by atoms with Gasteiger partial charge in [0.05, 0.1) is 10.6 Å². The van der Waals surface area contributed by atoms with E-state index in [9.17, 15) is 18.0 Å². The number of sulfonamides is 1. The molecule has 2 amide bonds. The van der Waals surface area contributed by atoms with Crippen LogP contribution >= 0.6 is 0 Å². The van der Waals surface area contributed by atoms with E-state index in [0.717, 1.165) is 12.0 Å². The first-order chi connectivity index (χ1) is 16.3. The number of hydrogen-bond acceptors (Lipinski definition) is 8. The zero-order valence-corrected chi connectivity index (χ0v) is 19.2. The maximum atomic E-state index is 12.4. The van der Waals surface area contributed by atoms with Crippen molar-refractivity contribution in [3.8, 4) is 17.1 Å². The number of aromatic nitrogens is 2. The van der Waals surface area contributed by atoms with E-state index in [1.54, 1.807) is 35.2 Å². The fourth-order valence-corrected chi connectivity index (χ4v) is 4.00. The molecule has 0 saturated heterocycles. The average molecular weight is 486 g/mol. The normalized spacial score (nSPS) is 13.4. The summed E-state index contributed by atoms with van der Waals surface area (Å²) in [7, 11) is -3.75. The summed E-state index contributed by atoms with van der Waals surface area (Å²) in [4.78, 5) is 30.3. The van der Waals surface area contributed by atoms with E-state index in [-0.39, 0.29) is 35.7 Å². The largest absolute Gasteiger partial charge is 0.482 e. The van der Waals surface area contributed by atoms with E-state index < -0.39 is 15.9 Å². The second-order valence-corrected chi connectivity index (χ2v) is 9.20. The second kappa shape index (κ2) is 9.61. The predicted molar refractivity (Wildman–Crippen MR) is 122 cm³/mol. The van der Waals surface area contributed by atoms with E-state index in [1.165, 1.54) is 12.1 Å². The van der Waals surface area contributed by atoms with E-state index in [1.807, 2.05) is 6.92 Å². The van der Waals surface area contributed by atoms with Crippen LogP contribution in [0.2, 0.25) is 0 Å². The maximum absolute atomic E-state index is 12.4. The lowest BCUT2D eigenvalue weighted by molar-refractivity contribution is -0.121. The molecule has 178 valence electrons. The molecule has 2 heterocycles. The van der Waals surface area contributed by atoms with Crippen LogP contribution in [-0.2, 0) is 21.2 Å². The highest BCUT2D eigenvalue weighted by atomic mass is 32.2. The predicted octanol–water partition coefficient (Wildman–Crippen LogP) is 1.49. The van der Waals surface area contributed by atoms with Gasteiger partial charge in [0.25, 0.3) is 5.91 Å². The fraction of sp³-hybridized carbons (Fsp3) is 0.273. The van der Waals surface area contributed by atoms with Crippen LogP contribution < -0.4 is 20.1 Å². The first kappa shape index (κ1) is 23.4. The Hall–Kier alpha value is -3.77. The van der Waals surface area contributed by atoms with Crippen LogP contribution in [0.5, 0.6) is 5.75 Å². The lowest BCUT2D eigenvalue weighted by atomic mass is 10.1. The highest BCUT2D eigenvalue weighted by Crippen LogP contribution is 2.35. The topological polar surface area (TPSA) is 158 Å². The zero-order valence-electron chi connectivity index (χ0n) is 18.4. The maximum Gasteiger partial charge on any atom is 0.316 e. The summed E-state index contributed by atoms with van der Waals surface area (Å²) in [6.07, 6.45) is 1.28. The van der Waals surface area contributed by atoms with Crippen molar-refractivity contribution in [1.82, 2.24) is 15.5 Å². The Labute approximate surface area is 195 Å². The molecule has 1 aromatic heterocycles. The standard InChI is InChI=1S/C22H23N5O6S/c1-2-11-27-17-8-5-15(12-18(17)32-13-19(27)28)20-25-22(33-26-20)21(29)24-10-9-14-3-6-16(7-4-14)34(23,30)31/h3-8,12H,2,9-11,13H2,1H3,(H,24,29)(H2,23,30,31). The smallest absolute Gasteiger partial charge is 0.316 e. The van der Waals surface area contributed by atoms with Crippen LogP contribution in [0.1, 0.15) is 29.6 Å². The molecule has 4 rings (SSSR count). The van der Waals surface area contributed by atoms with Crippen molar-refractivity contribution in [2.45, 2.75) is 24.7 Å². The Morgan fingerprint density at radius 2 is 1.97 bits per heavy atom. The van der Waals surface area contributed by atoms with Crippen LogP contribution in [0.4, 0.5) is 5.69 Å². The number of primary sulfonamides is 1. The van der Waals surface area contributed by atoms with Crippen LogP contribution in [0.3, 0.4) is 0 Å². The van der Waals surface area contributed by atoms with Crippen molar-refractivity contribution in [1.29, 1.82) is 0 Å². The van der Waals surface area contributed by atoms with E-state index in [0.29, 0.717) is 30.0 Å². The van der Waals surface area contributed by atoms with Crippen molar-refractivity contribution in [2.24, 2.45) is 5.14 Å². The summed E-state index contributed by atoms with van der Waals surface area (Å²) in [5, 5.41) is 11.6. The molecule has 0 spiro atoms. The molecule has 3 aromatic rings. The number of nitrogens with two attached hydrogens (primary N) is 1. The molecule has 0 atom stereocenters. The highest BCUT2D eigenvalue weighted by molar-refractivity contribution is 7.89. The van der Waals surface area contributed by atoms with Gasteiger partial charge in [-0.1, -0.05) is 24.2 Å². The number of ether oxygens (including phenoxy) is 1. The number of amides is 2. The van der Waals surface area contributed by atoms with Crippen molar-refractivity contribution >= 4 is 27.5 Å². The SMILES string of the molecule is CCCN1C(=O)COc2cc(-c3noc(C(=O)NCCc4ccc(S(N)(=O)=O)cc4)n3)ccc21. The van der Waals surface area contributed by atoms with Gasteiger partial charge < -0.3 is 19.5 Å². The number of hydrogen-bond donors (Lipinski definition) is 2. The van der Waals surface area contributed by atoms with Gasteiger partial charge in [0.1, 0.15) is 5.75 Å². The van der Waals surface area contributed by atoms with Gasteiger partial charge in [0.15, 0.2) is 6.61 Å². The van der Waals surface area contributed by atoms with Gasteiger partial charge in [-0.05, 0) is 48.7 Å². The molecular weight excluding hydrogens is 462 g/mol.